The van der Waals surface area contributed by atoms with Crippen LogP contribution in [0.5, 0.6) is 5.88 Å². The summed E-state index contributed by atoms with van der Waals surface area (Å²) >= 11 is 0. The maximum atomic E-state index is 10.8. The minimum Gasteiger partial charge on any atom is -0.468 e. The molecule has 0 aliphatic heterocycles. The molecule has 0 amide bonds. The van der Waals surface area contributed by atoms with Gasteiger partial charge in [0, 0.05) is 13.1 Å². The Kier molecular flexibility index (Phi) is 3.28. The van der Waals surface area contributed by atoms with E-state index in [0.29, 0.717) is 0 Å². The molecule has 0 radical (unpaired) electrons. The van der Waals surface area contributed by atoms with Gasteiger partial charge in [-0.25, -0.2) is 0 Å². The maximum absolute atomic E-state index is 10.8. The molecule has 17 heavy (non-hydrogen) atoms. The fraction of sp³-hybridized carbons (Fsp3) is 0.700. The molecule has 1 fully saturated rings. The third-order valence-corrected chi connectivity index (χ3v) is 2.92. The van der Waals surface area contributed by atoms with Crippen LogP contribution in [0, 0.1) is 10.1 Å². The Morgan fingerprint density at radius 2 is 2.41 bits per heavy atom. The van der Waals surface area contributed by atoms with Crippen molar-refractivity contribution in [1.29, 1.82) is 0 Å². The number of aromatic nitrogens is 2. The van der Waals surface area contributed by atoms with Crippen LogP contribution in [-0.2, 0) is 7.05 Å². The molecule has 2 atom stereocenters. The Hall–Kier alpha value is -1.63. The lowest BCUT2D eigenvalue weighted by molar-refractivity contribution is -0.386. The first kappa shape index (κ1) is 11.8. The van der Waals surface area contributed by atoms with Crippen LogP contribution < -0.4 is 10.5 Å². The Labute approximate surface area is 98.7 Å². The standard InChI is InChI=1S/C10H16N4O3/c1-13-6-9(14(15)16)10(12-13)17-8-4-2-3-7(11)5-8/h6-8H,2-5,11H2,1H3. The summed E-state index contributed by atoms with van der Waals surface area (Å²) in [7, 11) is 1.63. The average Bonchev–Trinajstić information content (AvgIpc) is 2.59. The van der Waals surface area contributed by atoms with Crippen LogP contribution in [0.1, 0.15) is 25.7 Å². The fourth-order valence-corrected chi connectivity index (χ4v) is 2.11. The molecule has 2 N–H and O–H groups in total. The minimum atomic E-state index is -0.481. The van der Waals surface area contributed by atoms with Gasteiger partial charge in [0.15, 0.2) is 0 Å². The monoisotopic (exact) mass is 240 g/mol. The number of ether oxygens (including phenoxy) is 1. The van der Waals surface area contributed by atoms with Gasteiger partial charge in [-0.15, -0.1) is 5.10 Å². The number of hydrogen-bond donors (Lipinski definition) is 1. The molecule has 1 aliphatic rings. The lowest BCUT2D eigenvalue weighted by atomic mass is 9.94. The van der Waals surface area contributed by atoms with Crippen LogP contribution in [0.15, 0.2) is 6.20 Å². The second kappa shape index (κ2) is 4.70. The highest BCUT2D eigenvalue weighted by Gasteiger charge is 2.26. The van der Waals surface area contributed by atoms with Crippen LogP contribution in [-0.4, -0.2) is 26.8 Å². The van der Waals surface area contributed by atoms with Crippen LogP contribution in [0.25, 0.3) is 0 Å². The summed E-state index contributed by atoms with van der Waals surface area (Å²) in [4.78, 5) is 10.3. The molecule has 1 aromatic rings. The second-order valence-corrected chi connectivity index (χ2v) is 4.42. The van der Waals surface area contributed by atoms with Gasteiger partial charge in [-0.1, -0.05) is 0 Å². The van der Waals surface area contributed by atoms with Crippen molar-refractivity contribution in [2.24, 2.45) is 12.8 Å². The van der Waals surface area contributed by atoms with Gasteiger partial charge in [0.05, 0.1) is 4.92 Å². The smallest absolute Gasteiger partial charge is 0.350 e. The molecule has 0 aromatic carbocycles. The van der Waals surface area contributed by atoms with Crippen molar-refractivity contribution >= 4 is 5.69 Å². The SMILES string of the molecule is Cn1cc([N+](=O)[O-])c(OC2CCCC(N)C2)n1. The van der Waals surface area contributed by atoms with Crippen molar-refractivity contribution in [3.63, 3.8) is 0 Å². The quantitative estimate of drug-likeness (QED) is 0.627. The summed E-state index contributed by atoms with van der Waals surface area (Å²) < 4.78 is 6.97. The molecule has 0 bridgehead atoms. The van der Waals surface area contributed by atoms with E-state index in [-0.39, 0.29) is 23.7 Å². The summed E-state index contributed by atoms with van der Waals surface area (Å²) in [5.41, 5.74) is 5.75. The van der Waals surface area contributed by atoms with Gasteiger partial charge >= 0.3 is 11.6 Å². The van der Waals surface area contributed by atoms with E-state index in [2.05, 4.69) is 5.10 Å². The molecule has 0 spiro atoms. The Bertz CT molecular complexity index is 418. The molecular formula is C10H16N4O3. The number of rotatable bonds is 3. The molecule has 7 nitrogen and oxygen atoms in total. The predicted octanol–water partition coefficient (Wildman–Crippen LogP) is 0.977. The first-order valence-corrected chi connectivity index (χ1v) is 5.66. The van der Waals surface area contributed by atoms with Gasteiger partial charge < -0.3 is 10.5 Å². The normalized spacial score (nSPS) is 24.6. The van der Waals surface area contributed by atoms with E-state index in [1.54, 1.807) is 7.05 Å². The predicted molar refractivity (Wildman–Crippen MR) is 60.7 cm³/mol. The van der Waals surface area contributed by atoms with Gasteiger partial charge in [0.1, 0.15) is 12.3 Å². The third kappa shape index (κ3) is 2.73. The zero-order valence-corrected chi connectivity index (χ0v) is 9.70. The highest BCUT2D eigenvalue weighted by atomic mass is 16.6. The molecule has 0 saturated heterocycles. The van der Waals surface area contributed by atoms with Gasteiger partial charge in [-0.2, -0.15) is 0 Å². The average molecular weight is 240 g/mol. The van der Waals surface area contributed by atoms with Gasteiger partial charge in [-0.05, 0) is 25.7 Å². The van der Waals surface area contributed by atoms with Crippen molar-refractivity contribution in [3.8, 4) is 5.88 Å². The summed E-state index contributed by atoms with van der Waals surface area (Å²) in [6, 6.07) is 0.122. The molecule has 1 heterocycles. The summed E-state index contributed by atoms with van der Waals surface area (Å²) in [6.45, 7) is 0. The van der Waals surface area contributed by atoms with Crippen molar-refractivity contribution in [1.82, 2.24) is 9.78 Å². The molecular weight excluding hydrogens is 224 g/mol. The number of aryl methyl sites for hydroxylation is 1. The molecule has 1 saturated carbocycles. The molecule has 2 rings (SSSR count). The number of nitrogens with two attached hydrogens (primary N) is 1. The van der Waals surface area contributed by atoms with Crippen LogP contribution >= 0.6 is 0 Å². The van der Waals surface area contributed by atoms with E-state index in [4.69, 9.17) is 10.5 Å². The molecule has 94 valence electrons. The van der Waals surface area contributed by atoms with E-state index in [1.165, 1.54) is 10.9 Å². The zero-order chi connectivity index (χ0) is 12.4. The first-order valence-electron chi connectivity index (χ1n) is 5.66. The van der Waals surface area contributed by atoms with Crippen molar-refractivity contribution in [3.05, 3.63) is 16.3 Å². The van der Waals surface area contributed by atoms with E-state index in [1.807, 2.05) is 0 Å². The number of hydrogen-bond acceptors (Lipinski definition) is 5. The summed E-state index contributed by atoms with van der Waals surface area (Å²) in [5, 5.41) is 14.8. The van der Waals surface area contributed by atoms with Gasteiger partial charge in [0.2, 0.25) is 0 Å². The maximum Gasteiger partial charge on any atom is 0.350 e. The highest BCUT2D eigenvalue weighted by molar-refractivity contribution is 5.38. The topological polar surface area (TPSA) is 96.2 Å². The van der Waals surface area contributed by atoms with Crippen LogP contribution in [0.3, 0.4) is 0 Å². The van der Waals surface area contributed by atoms with E-state index < -0.39 is 4.92 Å². The van der Waals surface area contributed by atoms with Crippen molar-refractivity contribution < 1.29 is 9.66 Å². The lowest BCUT2D eigenvalue weighted by Crippen LogP contribution is -2.33. The first-order chi connectivity index (χ1) is 8.06. The van der Waals surface area contributed by atoms with Crippen molar-refractivity contribution in [2.45, 2.75) is 37.8 Å². The van der Waals surface area contributed by atoms with Gasteiger partial charge in [-0.3, -0.25) is 14.8 Å². The number of nitrogens with zero attached hydrogens (tertiary/aromatic N) is 3. The molecule has 1 aromatic heterocycles. The van der Waals surface area contributed by atoms with Gasteiger partial charge in [0.25, 0.3) is 0 Å². The van der Waals surface area contributed by atoms with E-state index in [9.17, 15) is 10.1 Å². The minimum absolute atomic E-state index is 0.0626. The third-order valence-electron chi connectivity index (χ3n) is 2.92. The van der Waals surface area contributed by atoms with E-state index in [0.717, 1.165) is 25.7 Å². The fourth-order valence-electron chi connectivity index (χ4n) is 2.11. The second-order valence-electron chi connectivity index (χ2n) is 4.42. The van der Waals surface area contributed by atoms with Crippen LogP contribution in [0.4, 0.5) is 5.69 Å². The highest BCUT2D eigenvalue weighted by Crippen LogP contribution is 2.28. The Morgan fingerprint density at radius 1 is 1.65 bits per heavy atom. The Balaban J connectivity index is 2.09. The molecule has 7 heteroatoms. The largest absolute Gasteiger partial charge is 0.468 e. The van der Waals surface area contributed by atoms with E-state index >= 15 is 0 Å². The van der Waals surface area contributed by atoms with Crippen molar-refractivity contribution in [2.75, 3.05) is 0 Å². The zero-order valence-electron chi connectivity index (χ0n) is 9.70. The molecule has 2 unspecified atom stereocenters. The Morgan fingerprint density at radius 3 is 3.06 bits per heavy atom. The van der Waals surface area contributed by atoms with Crippen LogP contribution in [0.2, 0.25) is 0 Å². The number of nitro groups is 1. The lowest BCUT2D eigenvalue weighted by Gasteiger charge is -2.26. The summed E-state index contributed by atoms with van der Waals surface area (Å²) in [5.74, 6) is 0.0941. The molecule has 1 aliphatic carbocycles. The summed E-state index contributed by atoms with van der Waals surface area (Å²) in [6.07, 6.45) is 4.87.